The van der Waals surface area contributed by atoms with Gasteiger partial charge in [-0.05, 0) is 30.5 Å². The highest BCUT2D eigenvalue weighted by molar-refractivity contribution is 5.81. The van der Waals surface area contributed by atoms with Crippen LogP contribution in [0.4, 0.5) is 17.8 Å². The number of aromatic nitrogens is 6. The number of halogens is 1. The number of hydrogen-bond donors (Lipinski definition) is 4. The number of carboxylic acid groups (broad SMARTS) is 1. The lowest BCUT2D eigenvalue weighted by Crippen LogP contribution is -3.00. The molecular formula is C35H49ClN11O8-. The van der Waals surface area contributed by atoms with E-state index in [1.165, 1.54) is 4.68 Å². The van der Waals surface area contributed by atoms with Gasteiger partial charge in [0.2, 0.25) is 23.8 Å². The summed E-state index contributed by atoms with van der Waals surface area (Å²) in [6.07, 6.45) is 7.01. The molecule has 0 bridgehead atoms. The first-order valence-corrected chi connectivity index (χ1v) is 18.0. The number of hydrogen-bond acceptors (Lipinski definition) is 16. The number of carboxylic acids is 1. The van der Waals surface area contributed by atoms with E-state index < -0.39 is 18.1 Å². The van der Waals surface area contributed by atoms with Gasteiger partial charge in [0.25, 0.3) is 0 Å². The normalized spacial score (nSPS) is 15.5. The molecule has 20 heteroatoms. The average Bonchev–Trinajstić information content (AvgIpc) is 3.68. The van der Waals surface area contributed by atoms with Crippen molar-refractivity contribution in [1.82, 2.24) is 34.8 Å². The van der Waals surface area contributed by atoms with Gasteiger partial charge in [0.05, 0.1) is 64.2 Å². The van der Waals surface area contributed by atoms with Crippen molar-refractivity contribution in [2.45, 2.75) is 31.3 Å². The van der Waals surface area contributed by atoms with Crippen LogP contribution in [0.15, 0.2) is 30.5 Å². The Labute approximate surface area is 325 Å². The molecule has 0 spiro atoms. The molecule has 0 aliphatic carbocycles. The minimum absolute atomic E-state index is 0. The van der Waals surface area contributed by atoms with Gasteiger partial charge in [-0.2, -0.15) is 15.0 Å². The number of piperazine rings is 1. The number of terminal acetylenes is 1. The molecule has 2 aliphatic heterocycles. The molecule has 300 valence electrons. The van der Waals surface area contributed by atoms with Gasteiger partial charge >= 0.3 is 5.97 Å². The van der Waals surface area contributed by atoms with Gasteiger partial charge in [-0.3, -0.25) is 9.59 Å². The molecule has 55 heavy (non-hydrogen) atoms. The summed E-state index contributed by atoms with van der Waals surface area (Å²) < 4.78 is 23.2. The van der Waals surface area contributed by atoms with Gasteiger partial charge in [0.15, 0.2) is 0 Å². The van der Waals surface area contributed by atoms with Crippen LogP contribution in [-0.2, 0) is 35.0 Å². The summed E-state index contributed by atoms with van der Waals surface area (Å²) in [4.78, 5) is 45.4. The molecule has 2 fully saturated rings. The first-order chi connectivity index (χ1) is 26.3. The molecular weight excluding hydrogens is 738 g/mol. The fourth-order valence-electron chi connectivity index (χ4n) is 5.85. The Kier molecular flexibility index (Phi) is 17.6. The summed E-state index contributed by atoms with van der Waals surface area (Å²) in [5, 5.41) is 30.7. The summed E-state index contributed by atoms with van der Waals surface area (Å²) in [6, 6.07) is 5.31. The molecule has 1 unspecified atom stereocenters. The first kappa shape index (κ1) is 42.9. The molecule has 2 aromatic heterocycles. The van der Waals surface area contributed by atoms with Gasteiger partial charge in [0.1, 0.15) is 18.4 Å². The van der Waals surface area contributed by atoms with E-state index in [-0.39, 0.29) is 43.5 Å². The number of carbonyl (C=O) groups is 2. The fourth-order valence-corrected chi connectivity index (χ4v) is 5.85. The largest absolute Gasteiger partial charge is 1.00 e. The third-order valence-electron chi connectivity index (χ3n) is 8.77. The number of amides is 1. The van der Waals surface area contributed by atoms with E-state index >= 15 is 0 Å². The highest BCUT2D eigenvalue weighted by Gasteiger charge is 2.32. The SMILES string of the molecule is C#CCOCCOCCOCCNc1nc(N2CCOCC2)nc(N2CCN(C(=O)[C@H](CCC(=O)O)n3cc(C(N)Cc4ccc(O)cc4)nn3)CC2)n1.[Cl-]. The van der Waals surface area contributed by atoms with Crippen molar-refractivity contribution in [3.05, 3.63) is 41.7 Å². The van der Waals surface area contributed by atoms with Crippen molar-refractivity contribution in [2.24, 2.45) is 5.73 Å². The molecule has 1 amide bonds. The van der Waals surface area contributed by atoms with Crippen LogP contribution in [0.5, 0.6) is 5.75 Å². The predicted molar refractivity (Wildman–Crippen MR) is 196 cm³/mol. The number of aliphatic carboxylic acids is 1. The second kappa shape index (κ2) is 22.5. The van der Waals surface area contributed by atoms with Crippen molar-refractivity contribution in [2.75, 3.05) is 114 Å². The highest BCUT2D eigenvalue weighted by atomic mass is 35.5. The lowest BCUT2D eigenvalue weighted by Gasteiger charge is -2.36. The molecule has 1 aromatic carbocycles. The van der Waals surface area contributed by atoms with Gasteiger partial charge in [0, 0.05) is 52.2 Å². The number of nitrogens with zero attached hydrogens (tertiary/aromatic N) is 9. The van der Waals surface area contributed by atoms with Crippen LogP contribution in [0.2, 0.25) is 0 Å². The number of anilines is 3. The Hall–Kier alpha value is -4.84. The molecule has 0 radical (unpaired) electrons. The van der Waals surface area contributed by atoms with E-state index in [0.29, 0.717) is 122 Å². The van der Waals surface area contributed by atoms with Crippen LogP contribution in [0.25, 0.3) is 0 Å². The van der Waals surface area contributed by atoms with Crippen LogP contribution in [0.1, 0.15) is 36.2 Å². The molecule has 0 saturated carbocycles. The van der Waals surface area contributed by atoms with Crippen LogP contribution in [-0.4, -0.2) is 156 Å². The molecule has 2 aliphatic rings. The second-order valence-corrected chi connectivity index (χ2v) is 12.6. The molecule has 19 nitrogen and oxygen atoms in total. The zero-order chi connectivity index (χ0) is 38.1. The quantitative estimate of drug-likeness (QED) is 0.0627. The second-order valence-electron chi connectivity index (χ2n) is 12.6. The number of morpholine rings is 1. The van der Waals surface area contributed by atoms with Gasteiger partial charge in [-0.25, -0.2) is 4.68 Å². The summed E-state index contributed by atoms with van der Waals surface area (Å²) in [7, 11) is 0. The third-order valence-corrected chi connectivity index (χ3v) is 8.77. The number of benzene rings is 1. The lowest BCUT2D eigenvalue weighted by atomic mass is 10.0. The highest BCUT2D eigenvalue weighted by Crippen LogP contribution is 2.23. The molecule has 5 N–H and O–H groups in total. The smallest absolute Gasteiger partial charge is 0.303 e. The summed E-state index contributed by atoms with van der Waals surface area (Å²) in [6.45, 7) is 6.89. The molecule has 2 saturated heterocycles. The van der Waals surface area contributed by atoms with Crippen LogP contribution >= 0.6 is 0 Å². The first-order valence-electron chi connectivity index (χ1n) is 18.0. The van der Waals surface area contributed by atoms with Crippen LogP contribution < -0.4 is 33.3 Å². The standard InChI is InChI=1S/C35H49N11O8.ClH/c1-2-16-51-20-22-54-23-21-52-17-9-37-33-38-34(40-35(39-33)45-14-18-53-19-15-45)44-12-10-43(11-13-44)32(50)30(7-8-31(48)49)46-25-29(41-42-46)28(36)24-26-3-5-27(47)6-4-26;/h1,3-6,25,28,30,47H,7-24,36H2,(H,48,49)(H,37,38,39,40);1H/p-1/t28?,30-;/m0./s1. The molecule has 5 rings (SSSR count). The third kappa shape index (κ3) is 13.5. The Bertz CT molecular complexity index is 1660. The Balaban J connectivity index is 0.00000673. The van der Waals surface area contributed by atoms with Crippen molar-refractivity contribution < 1.29 is 51.2 Å². The zero-order valence-electron chi connectivity index (χ0n) is 30.7. The summed E-state index contributed by atoms with van der Waals surface area (Å²) >= 11 is 0. The minimum atomic E-state index is -1.02. The Morgan fingerprint density at radius 1 is 0.927 bits per heavy atom. The number of nitrogens with two attached hydrogens (primary N) is 1. The monoisotopic (exact) mass is 786 g/mol. The molecule has 2 atom stereocenters. The van der Waals surface area contributed by atoms with E-state index in [1.54, 1.807) is 35.4 Å². The molecule has 4 heterocycles. The lowest BCUT2D eigenvalue weighted by molar-refractivity contribution is -0.138. The zero-order valence-corrected chi connectivity index (χ0v) is 31.4. The maximum Gasteiger partial charge on any atom is 0.303 e. The number of ether oxygens (including phenoxy) is 4. The molecule has 3 aromatic rings. The van der Waals surface area contributed by atoms with Crippen molar-refractivity contribution in [3.63, 3.8) is 0 Å². The van der Waals surface area contributed by atoms with E-state index in [4.69, 9.17) is 41.1 Å². The predicted octanol–water partition coefficient (Wildman–Crippen LogP) is -2.90. The fraction of sp³-hybridized carbons (Fsp3) is 0.571. The number of phenols is 1. The topological polar surface area (TPSA) is 229 Å². The van der Waals surface area contributed by atoms with Gasteiger partial charge in [-0.15, -0.1) is 11.5 Å². The number of carbonyl (C=O) groups excluding carboxylic acids is 1. The van der Waals surface area contributed by atoms with E-state index in [2.05, 4.69) is 31.4 Å². The van der Waals surface area contributed by atoms with Crippen molar-refractivity contribution >= 4 is 29.7 Å². The minimum Gasteiger partial charge on any atom is -1.00 e. The summed E-state index contributed by atoms with van der Waals surface area (Å²) in [5.41, 5.74) is 7.78. The summed E-state index contributed by atoms with van der Waals surface area (Å²) in [5.74, 6) is 2.71. The van der Waals surface area contributed by atoms with Crippen LogP contribution in [0, 0.1) is 12.3 Å². The van der Waals surface area contributed by atoms with E-state index in [9.17, 15) is 19.8 Å². The number of rotatable bonds is 21. The Morgan fingerprint density at radius 3 is 2.22 bits per heavy atom. The number of phenolic OH excluding ortho intramolecular Hbond substituents is 1. The van der Waals surface area contributed by atoms with E-state index in [0.717, 1.165) is 5.56 Å². The van der Waals surface area contributed by atoms with Gasteiger partial charge < -0.3 is 67.3 Å². The van der Waals surface area contributed by atoms with Crippen LogP contribution in [0.3, 0.4) is 0 Å². The van der Waals surface area contributed by atoms with E-state index in [1.807, 2.05) is 4.90 Å². The van der Waals surface area contributed by atoms with Gasteiger partial charge in [-0.1, -0.05) is 23.3 Å². The Morgan fingerprint density at radius 2 is 1.56 bits per heavy atom. The van der Waals surface area contributed by atoms with Crippen molar-refractivity contribution in [1.29, 1.82) is 0 Å². The average molecular weight is 787 g/mol. The maximum atomic E-state index is 13.9. The maximum absolute atomic E-state index is 13.9. The number of aromatic hydroxyl groups is 1. The number of nitrogens with one attached hydrogen (secondary N) is 1. The van der Waals surface area contributed by atoms with Crippen molar-refractivity contribution in [3.8, 4) is 18.1 Å².